The van der Waals surface area contributed by atoms with Crippen LogP contribution < -0.4 is 10.6 Å². The predicted octanol–water partition coefficient (Wildman–Crippen LogP) is 3.88. The summed E-state index contributed by atoms with van der Waals surface area (Å²) in [5, 5.41) is 5.67. The van der Waals surface area contributed by atoms with Crippen LogP contribution in [-0.2, 0) is 9.59 Å². The number of nitrogens with one attached hydrogen (secondary N) is 2. The van der Waals surface area contributed by atoms with Crippen molar-refractivity contribution in [1.82, 2.24) is 5.32 Å². The van der Waals surface area contributed by atoms with E-state index < -0.39 is 5.41 Å². The van der Waals surface area contributed by atoms with Gasteiger partial charge in [-0.2, -0.15) is 0 Å². The lowest BCUT2D eigenvalue weighted by atomic mass is 9.90. The molecule has 0 spiro atoms. The van der Waals surface area contributed by atoms with Crippen molar-refractivity contribution in [2.75, 3.05) is 11.9 Å². The summed E-state index contributed by atoms with van der Waals surface area (Å²) in [4.78, 5) is 24.7. The molecule has 22 heavy (non-hydrogen) atoms. The highest BCUT2D eigenvalue weighted by Gasteiger charge is 2.36. The Morgan fingerprint density at radius 2 is 1.86 bits per heavy atom. The fourth-order valence-electron chi connectivity index (χ4n) is 1.84. The molecule has 0 unspecified atom stereocenters. The van der Waals surface area contributed by atoms with E-state index in [9.17, 15) is 9.59 Å². The Hall–Kier alpha value is -1.36. The number of carbonyl (C=O) groups excluding carboxylic acids is 2. The van der Waals surface area contributed by atoms with Crippen LogP contribution in [0, 0.1) is 18.3 Å². The van der Waals surface area contributed by atoms with Gasteiger partial charge < -0.3 is 10.6 Å². The average Bonchev–Trinajstić information content (AvgIpc) is 2.41. The number of amides is 2. The van der Waals surface area contributed by atoms with E-state index in [4.69, 9.17) is 0 Å². The quantitative estimate of drug-likeness (QED) is 0.748. The predicted molar refractivity (Wildman–Crippen MR) is 93.8 cm³/mol. The largest absolute Gasteiger partial charge is 0.355 e. The van der Waals surface area contributed by atoms with Crippen LogP contribution in [0.5, 0.6) is 0 Å². The monoisotopic (exact) mass is 368 g/mol. The number of anilines is 1. The van der Waals surface area contributed by atoms with Crippen molar-refractivity contribution in [1.29, 1.82) is 0 Å². The van der Waals surface area contributed by atoms with E-state index in [2.05, 4.69) is 40.4 Å². The summed E-state index contributed by atoms with van der Waals surface area (Å²) < 4.78 is 0.952. The van der Waals surface area contributed by atoms with Crippen LogP contribution in [0.3, 0.4) is 0 Å². The minimum Gasteiger partial charge on any atom is -0.355 e. The molecule has 2 amide bonds. The van der Waals surface area contributed by atoms with E-state index >= 15 is 0 Å². The molecular formula is C17H25BrN2O2. The Balaban J connectivity index is 2.71. The van der Waals surface area contributed by atoms with Gasteiger partial charge in [-0.1, -0.05) is 29.8 Å². The molecule has 0 aliphatic rings. The van der Waals surface area contributed by atoms with E-state index in [0.717, 1.165) is 22.1 Å². The second-order valence-corrected chi connectivity index (χ2v) is 7.39. The first-order valence-electron chi connectivity index (χ1n) is 7.50. The fraction of sp³-hybridized carbons (Fsp3) is 0.529. The van der Waals surface area contributed by atoms with Gasteiger partial charge in [0.15, 0.2) is 0 Å². The molecule has 1 aromatic carbocycles. The van der Waals surface area contributed by atoms with E-state index in [0.29, 0.717) is 12.5 Å². The van der Waals surface area contributed by atoms with Gasteiger partial charge in [0.2, 0.25) is 11.8 Å². The lowest BCUT2D eigenvalue weighted by molar-refractivity contribution is -0.138. The van der Waals surface area contributed by atoms with Crippen LogP contribution in [0.25, 0.3) is 0 Å². The second kappa shape index (κ2) is 7.77. The van der Waals surface area contributed by atoms with Crippen LogP contribution >= 0.6 is 15.9 Å². The molecule has 0 aliphatic carbocycles. The van der Waals surface area contributed by atoms with Crippen molar-refractivity contribution in [3.63, 3.8) is 0 Å². The molecule has 1 rings (SSSR count). The van der Waals surface area contributed by atoms with Crippen LogP contribution in [0.15, 0.2) is 22.7 Å². The van der Waals surface area contributed by atoms with E-state index in [1.54, 1.807) is 13.8 Å². The highest BCUT2D eigenvalue weighted by atomic mass is 79.9. The number of benzene rings is 1. The Kier molecular flexibility index (Phi) is 6.60. The zero-order chi connectivity index (χ0) is 16.9. The highest BCUT2D eigenvalue weighted by Crippen LogP contribution is 2.23. The van der Waals surface area contributed by atoms with Crippen molar-refractivity contribution in [3.8, 4) is 0 Å². The van der Waals surface area contributed by atoms with Crippen LogP contribution in [0.2, 0.25) is 0 Å². The van der Waals surface area contributed by atoms with Gasteiger partial charge in [0.25, 0.3) is 0 Å². The van der Waals surface area contributed by atoms with E-state index in [1.165, 1.54) is 0 Å². The summed E-state index contributed by atoms with van der Waals surface area (Å²) in [5.74, 6) is -0.0389. The number of halogens is 1. The Morgan fingerprint density at radius 1 is 1.23 bits per heavy atom. The molecule has 0 radical (unpaired) electrons. The molecule has 122 valence electrons. The van der Waals surface area contributed by atoms with Gasteiger partial charge in [-0.25, -0.2) is 0 Å². The van der Waals surface area contributed by atoms with Crippen molar-refractivity contribution in [2.24, 2.45) is 11.3 Å². The molecular weight excluding hydrogens is 344 g/mol. The van der Waals surface area contributed by atoms with Crippen LogP contribution in [0.1, 0.15) is 39.7 Å². The second-order valence-electron chi connectivity index (χ2n) is 6.48. The zero-order valence-electron chi connectivity index (χ0n) is 13.9. The summed E-state index contributed by atoms with van der Waals surface area (Å²) in [7, 11) is 0. The van der Waals surface area contributed by atoms with Crippen molar-refractivity contribution in [3.05, 3.63) is 28.2 Å². The maximum atomic E-state index is 12.4. The molecule has 0 saturated carbocycles. The van der Waals surface area contributed by atoms with Crippen molar-refractivity contribution in [2.45, 2.75) is 41.0 Å². The standard InChI is InChI=1S/C17H25BrN2O2/c1-11(2)8-9-19-15(21)17(4,5)16(22)20-14-7-6-13(18)10-12(14)3/h6-7,10-11H,8-9H2,1-5H3,(H,19,21)(H,20,22). The van der Waals surface area contributed by atoms with Gasteiger partial charge in [-0.05, 0) is 56.9 Å². The minimum atomic E-state index is -1.11. The number of carbonyl (C=O) groups is 2. The van der Waals surface area contributed by atoms with E-state index in [-0.39, 0.29) is 11.8 Å². The zero-order valence-corrected chi connectivity index (χ0v) is 15.5. The highest BCUT2D eigenvalue weighted by molar-refractivity contribution is 9.10. The van der Waals surface area contributed by atoms with Gasteiger partial charge in [-0.15, -0.1) is 0 Å². The van der Waals surface area contributed by atoms with Gasteiger partial charge in [0.05, 0.1) is 0 Å². The first kappa shape index (κ1) is 18.7. The maximum Gasteiger partial charge on any atom is 0.239 e. The van der Waals surface area contributed by atoms with Crippen molar-refractivity contribution >= 4 is 33.4 Å². The molecule has 0 fully saturated rings. The SMILES string of the molecule is Cc1cc(Br)ccc1NC(=O)C(C)(C)C(=O)NCCC(C)C. The topological polar surface area (TPSA) is 58.2 Å². The molecule has 2 N–H and O–H groups in total. The maximum absolute atomic E-state index is 12.4. The molecule has 0 aliphatic heterocycles. The summed E-state index contributed by atoms with van der Waals surface area (Å²) in [5.41, 5.74) is 0.547. The molecule has 0 saturated heterocycles. The van der Waals surface area contributed by atoms with E-state index in [1.807, 2.05) is 25.1 Å². The summed E-state index contributed by atoms with van der Waals surface area (Å²) in [6, 6.07) is 5.60. The molecule has 0 heterocycles. The normalized spacial score (nSPS) is 11.4. The summed E-state index contributed by atoms with van der Waals surface area (Å²) in [6.45, 7) is 9.98. The number of rotatable bonds is 6. The average molecular weight is 369 g/mol. The third-order valence-electron chi connectivity index (χ3n) is 3.58. The lowest BCUT2D eigenvalue weighted by Crippen LogP contribution is -2.45. The molecule has 0 atom stereocenters. The number of hydrogen-bond acceptors (Lipinski definition) is 2. The molecule has 0 bridgehead atoms. The van der Waals surface area contributed by atoms with Gasteiger partial charge >= 0.3 is 0 Å². The summed E-state index contributed by atoms with van der Waals surface area (Å²) in [6.07, 6.45) is 0.898. The molecule has 4 nitrogen and oxygen atoms in total. The first-order chi connectivity index (χ1) is 10.1. The third-order valence-corrected chi connectivity index (χ3v) is 4.07. The van der Waals surface area contributed by atoms with Crippen molar-refractivity contribution < 1.29 is 9.59 Å². The van der Waals surface area contributed by atoms with Crippen LogP contribution in [0.4, 0.5) is 5.69 Å². The van der Waals surface area contributed by atoms with Gasteiger partial charge in [0.1, 0.15) is 5.41 Å². The van der Waals surface area contributed by atoms with Crippen LogP contribution in [-0.4, -0.2) is 18.4 Å². The Bertz CT molecular complexity index is 554. The Morgan fingerprint density at radius 3 is 2.41 bits per heavy atom. The Labute approximate surface area is 141 Å². The lowest BCUT2D eigenvalue weighted by Gasteiger charge is -2.23. The smallest absolute Gasteiger partial charge is 0.239 e. The molecule has 1 aromatic rings. The van der Waals surface area contributed by atoms with Gasteiger partial charge in [0, 0.05) is 16.7 Å². The minimum absolute atomic E-state index is 0.250. The summed E-state index contributed by atoms with van der Waals surface area (Å²) >= 11 is 3.39. The third kappa shape index (κ3) is 5.13. The fourth-order valence-corrected chi connectivity index (χ4v) is 2.32. The number of hydrogen-bond donors (Lipinski definition) is 2. The molecule has 5 heteroatoms. The first-order valence-corrected chi connectivity index (χ1v) is 8.29. The molecule has 0 aromatic heterocycles. The number of aryl methyl sites for hydroxylation is 1. The van der Waals surface area contributed by atoms with Gasteiger partial charge in [-0.3, -0.25) is 9.59 Å².